The second-order valence-corrected chi connectivity index (χ2v) is 10.8. The van der Waals surface area contributed by atoms with Gasteiger partial charge < -0.3 is 18.5 Å². The molecular weight excluding hydrogens is 523 g/mol. The minimum Gasteiger partial charge on any atom is -0.457 e. The van der Waals surface area contributed by atoms with Gasteiger partial charge in [-0.25, -0.2) is 14.3 Å². The lowest BCUT2D eigenvalue weighted by atomic mass is 10.2. The number of ether oxygens (including phenoxy) is 2. The molecule has 0 saturated heterocycles. The molecule has 2 rings (SSSR count). The maximum Gasteiger partial charge on any atom is 0.338 e. The number of aromatic amines is 1. The fourth-order valence-corrected chi connectivity index (χ4v) is 5.61. The van der Waals surface area contributed by atoms with Crippen LogP contribution < -0.4 is 11.2 Å². The van der Waals surface area contributed by atoms with E-state index >= 15 is 0 Å². The molecular formula is C27H39N4O7P. The number of carbonyl (C=O) groups excluding carboxylic acids is 1. The molecule has 11 nitrogen and oxygen atoms in total. The second-order valence-electron chi connectivity index (χ2n) is 9.38. The SMILES string of the molecule is CCC(OC(COC(=O)c1ccccc1)n1ccc(=O)[nH]c1=O)[C@H](C)OP(OCCC#N)N(C(C)C)C(C)C. The minimum atomic E-state index is -1.53. The normalized spacial score (nSPS) is 14.7. The van der Waals surface area contributed by atoms with E-state index in [-0.39, 0.29) is 31.7 Å². The molecule has 1 heterocycles. The van der Waals surface area contributed by atoms with Crippen LogP contribution in [0.25, 0.3) is 0 Å². The fraction of sp³-hybridized carbons (Fsp3) is 0.556. The van der Waals surface area contributed by atoms with E-state index in [1.165, 1.54) is 16.8 Å². The van der Waals surface area contributed by atoms with Gasteiger partial charge in [0.25, 0.3) is 14.1 Å². The topological polar surface area (TPSA) is 136 Å². The van der Waals surface area contributed by atoms with Crippen LogP contribution in [0.4, 0.5) is 0 Å². The zero-order valence-electron chi connectivity index (χ0n) is 23.4. The number of carbonyl (C=O) groups is 1. The Labute approximate surface area is 230 Å². The number of H-pyrrole nitrogens is 1. The zero-order chi connectivity index (χ0) is 28.9. The number of nitrogens with one attached hydrogen (secondary N) is 1. The van der Waals surface area contributed by atoms with Crippen molar-refractivity contribution in [3.8, 4) is 6.07 Å². The first-order valence-electron chi connectivity index (χ1n) is 13.0. The largest absolute Gasteiger partial charge is 0.457 e. The smallest absolute Gasteiger partial charge is 0.338 e. The molecule has 4 atom stereocenters. The molecule has 1 aromatic carbocycles. The highest BCUT2D eigenvalue weighted by atomic mass is 31.2. The summed E-state index contributed by atoms with van der Waals surface area (Å²) in [6.07, 6.45) is -0.0118. The van der Waals surface area contributed by atoms with Crippen LogP contribution in [0.5, 0.6) is 0 Å². The molecule has 12 heteroatoms. The van der Waals surface area contributed by atoms with Crippen molar-refractivity contribution < 1.29 is 23.3 Å². The highest BCUT2D eigenvalue weighted by Crippen LogP contribution is 2.47. The number of rotatable bonds is 16. The molecule has 1 aromatic heterocycles. The molecule has 0 spiro atoms. The molecule has 214 valence electrons. The lowest BCUT2D eigenvalue weighted by Crippen LogP contribution is -2.40. The van der Waals surface area contributed by atoms with Gasteiger partial charge in [-0.05, 0) is 53.2 Å². The summed E-state index contributed by atoms with van der Waals surface area (Å²) in [5.41, 5.74) is -0.890. The Kier molecular flexibility index (Phi) is 13.5. The highest BCUT2D eigenvalue weighted by molar-refractivity contribution is 7.44. The lowest BCUT2D eigenvalue weighted by molar-refractivity contribution is -0.119. The summed E-state index contributed by atoms with van der Waals surface area (Å²) in [6, 6.07) is 12.0. The molecule has 1 N–H and O–H groups in total. The Balaban J connectivity index is 2.27. The molecule has 0 aliphatic heterocycles. The fourth-order valence-electron chi connectivity index (χ4n) is 3.89. The van der Waals surface area contributed by atoms with E-state index in [9.17, 15) is 14.4 Å². The maximum atomic E-state index is 12.6. The third kappa shape index (κ3) is 9.99. The van der Waals surface area contributed by atoms with Crippen LogP contribution >= 0.6 is 8.53 Å². The van der Waals surface area contributed by atoms with Gasteiger partial charge in [0.2, 0.25) is 0 Å². The van der Waals surface area contributed by atoms with E-state index in [4.69, 9.17) is 23.8 Å². The van der Waals surface area contributed by atoms with Gasteiger partial charge in [-0.3, -0.25) is 14.3 Å². The molecule has 0 aliphatic rings. The van der Waals surface area contributed by atoms with Crippen molar-refractivity contribution in [3.05, 3.63) is 69.0 Å². The number of benzene rings is 1. The first-order chi connectivity index (χ1) is 18.6. The number of nitriles is 1. The van der Waals surface area contributed by atoms with Gasteiger partial charge in [0.05, 0.1) is 36.9 Å². The molecule has 0 bridgehead atoms. The van der Waals surface area contributed by atoms with E-state index in [0.29, 0.717) is 12.0 Å². The summed E-state index contributed by atoms with van der Waals surface area (Å²) >= 11 is 0. The average molecular weight is 563 g/mol. The maximum absolute atomic E-state index is 12.6. The van der Waals surface area contributed by atoms with Crippen molar-refractivity contribution in [2.24, 2.45) is 0 Å². The summed E-state index contributed by atoms with van der Waals surface area (Å²) in [5.74, 6) is -0.571. The van der Waals surface area contributed by atoms with Gasteiger partial charge in [-0.15, -0.1) is 0 Å². The van der Waals surface area contributed by atoms with Crippen molar-refractivity contribution in [2.75, 3.05) is 13.2 Å². The summed E-state index contributed by atoms with van der Waals surface area (Å²) in [6.45, 7) is 11.9. The van der Waals surface area contributed by atoms with E-state index < -0.39 is 44.2 Å². The third-order valence-corrected chi connectivity index (χ3v) is 7.92. The molecule has 0 fully saturated rings. The van der Waals surface area contributed by atoms with Gasteiger partial charge in [0.15, 0.2) is 6.23 Å². The molecule has 0 radical (unpaired) electrons. The van der Waals surface area contributed by atoms with Gasteiger partial charge in [0.1, 0.15) is 6.61 Å². The number of hydrogen-bond acceptors (Lipinski definition) is 9. The Morgan fingerprint density at radius 1 is 1.10 bits per heavy atom. The predicted octanol–water partition coefficient (Wildman–Crippen LogP) is 4.37. The molecule has 39 heavy (non-hydrogen) atoms. The number of esters is 1. The van der Waals surface area contributed by atoms with Crippen LogP contribution in [0.2, 0.25) is 0 Å². The van der Waals surface area contributed by atoms with Crippen molar-refractivity contribution in [3.63, 3.8) is 0 Å². The first-order valence-corrected chi connectivity index (χ1v) is 14.2. The van der Waals surface area contributed by atoms with Crippen LogP contribution in [0, 0.1) is 11.3 Å². The van der Waals surface area contributed by atoms with E-state index in [1.807, 2.05) is 41.5 Å². The van der Waals surface area contributed by atoms with Crippen molar-refractivity contribution >= 4 is 14.5 Å². The van der Waals surface area contributed by atoms with Crippen molar-refractivity contribution in [1.29, 1.82) is 5.26 Å². The summed E-state index contributed by atoms with van der Waals surface area (Å²) < 4.78 is 27.5. The molecule has 2 aromatic rings. The minimum absolute atomic E-state index is 0.122. The van der Waals surface area contributed by atoms with Crippen molar-refractivity contribution in [2.45, 2.75) is 84.9 Å². The second kappa shape index (κ2) is 16.3. The molecule has 0 aliphatic carbocycles. The van der Waals surface area contributed by atoms with Crippen molar-refractivity contribution in [1.82, 2.24) is 14.2 Å². The first kappa shape index (κ1) is 32.3. The standard InChI is InChI=1S/C27H39N4O7P/c1-7-23(21(6)38-39(36-17-11-15-28)31(19(2)3)20(4)5)37-25(30-16-14-24(32)29-27(30)34)18-35-26(33)22-12-9-8-10-13-22/h8-10,12-14,16,19-21,23,25H,7,11,17-18H2,1-6H3,(H,29,32,34)/t21-,23?,25?,39?/m0/s1. The summed E-state index contributed by atoms with van der Waals surface area (Å²) in [5, 5.41) is 8.97. The number of nitrogens with zero attached hydrogens (tertiary/aromatic N) is 3. The van der Waals surface area contributed by atoms with Gasteiger partial charge in [-0.1, -0.05) is 25.1 Å². The lowest BCUT2D eigenvalue weighted by Gasteiger charge is -2.38. The zero-order valence-corrected chi connectivity index (χ0v) is 24.3. The monoisotopic (exact) mass is 562 g/mol. The van der Waals surface area contributed by atoms with Crippen LogP contribution in [0.1, 0.15) is 71.0 Å². The van der Waals surface area contributed by atoms with E-state index in [0.717, 1.165) is 0 Å². The van der Waals surface area contributed by atoms with Gasteiger partial charge in [0, 0.05) is 24.3 Å². The van der Waals surface area contributed by atoms with E-state index in [2.05, 4.69) is 15.7 Å². The highest BCUT2D eigenvalue weighted by Gasteiger charge is 2.32. The molecule has 0 amide bonds. The van der Waals surface area contributed by atoms with Crippen LogP contribution in [-0.4, -0.2) is 57.7 Å². The summed E-state index contributed by atoms with van der Waals surface area (Å²) in [7, 11) is -1.53. The van der Waals surface area contributed by atoms with Crippen LogP contribution in [0.3, 0.4) is 0 Å². The summed E-state index contributed by atoms with van der Waals surface area (Å²) in [4.78, 5) is 39.1. The van der Waals surface area contributed by atoms with Gasteiger partial charge >= 0.3 is 11.7 Å². The number of aromatic nitrogens is 2. The predicted molar refractivity (Wildman–Crippen MR) is 148 cm³/mol. The Morgan fingerprint density at radius 3 is 2.33 bits per heavy atom. The van der Waals surface area contributed by atoms with E-state index in [1.54, 1.807) is 30.3 Å². The number of hydrogen-bond donors (Lipinski definition) is 1. The molecule has 3 unspecified atom stereocenters. The van der Waals surface area contributed by atoms with Crippen LogP contribution in [0.15, 0.2) is 52.2 Å². The average Bonchev–Trinajstić information content (AvgIpc) is 2.89. The van der Waals surface area contributed by atoms with Crippen LogP contribution in [-0.2, 0) is 18.5 Å². The Hall–Kier alpha value is -2.87. The molecule has 0 saturated carbocycles. The quantitative estimate of drug-likeness (QED) is 0.180. The van der Waals surface area contributed by atoms with Gasteiger partial charge in [-0.2, -0.15) is 5.26 Å². The third-order valence-electron chi connectivity index (χ3n) is 5.70. The Morgan fingerprint density at radius 2 is 1.77 bits per heavy atom. The Bertz CT molecular complexity index is 1170.